The Labute approximate surface area is 112 Å². The Bertz CT molecular complexity index is 492. The van der Waals surface area contributed by atoms with Gasteiger partial charge in [-0.25, -0.2) is 0 Å². The van der Waals surface area contributed by atoms with Gasteiger partial charge in [0.1, 0.15) is 0 Å². The molecule has 0 atom stereocenters. The minimum absolute atomic E-state index is 0.774. The molecule has 3 rings (SSSR count). The van der Waals surface area contributed by atoms with Crippen molar-refractivity contribution in [2.24, 2.45) is 0 Å². The summed E-state index contributed by atoms with van der Waals surface area (Å²) in [5, 5.41) is 3.53. The van der Waals surface area contributed by atoms with Gasteiger partial charge >= 0.3 is 0 Å². The number of rotatable bonds is 5. The van der Waals surface area contributed by atoms with Crippen molar-refractivity contribution in [1.29, 1.82) is 0 Å². The molecule has 0 aliphatic heterocycles. The fraction of sp³-hybridized carbons (Fsp3) is 0.267. The lowest BCUT2D eigenvalue weighted by Crippen LogP contribution is -2.14. The molecule has 1 saturated carbocycles. The number of hydrogen-bond donors (Lipinski definition) is 1. The van der Waals surface area contributed by atoms with Crippen molar-refractivity contribution in [2.75, 3.05) is 0 Å². The highest BCUT2D eigenvalue weighted by atomic mass is 32.2. The van der Waals surface area contributed by atoms with Crippen molar-refractivity contribution in [3.05, 3.63) is 54.4 Å². The molecule has 3 heteroatoms. The molecular weight excluding hydrogens is 240 g/mol. The molecule has 1 fully saturated rings. The lowest BCUT2D eigenvalue weighted by Gasteiger charge is -2.05. The van der Waals surface area contributed by atoms with Gasteiger partial charge in [-0.3, -0.25) is 4.98 Å². The van der Waals surface area contributed by atoms with Crippen molar-refractivity contribution in [3.63, 3.8) is 0 Å². The Hall–Kier alpha value is -1.32. The predicted molar refractivity (Wildman–Crippen MR) is 74.7 cm³/mol. The summed E-state index contributed by atoms with van der Waals surface area (Å²) in [5.74, 6) is 0. The lowest BCUT2D eigenvalue weighted by atomic mass is 10.2. The van der Waals surface area contributed by atoms with Gasteiger partial charge < -0.3 is 5.32 Å². The first-order valence-corrected chi connectivity index (χ1v) is 7.12. The summed E-state index contributed by atoms with van der Waals surface area (Å²) in [7, 11) is 0. The van der Waals surface area contributed by atoms with Crippen LogP contribution in [-0.4, -0.2) is 11.0 Å². The van der Waals surface area contributed by atoms with E-state index < -0.39 is 0 Å². The van der Waals surface area contributed by atoms with E-state index in [9.17, 15) is 0 Å². The number of hydrogen-bond acceptors (Lipinski definition) is 3. The molecule has 0 unspecified atom stereocenters. The van der Waals surface area contributed by atoms with Crippen LogP contribution in [0.25, 0.3) is 0 Å². The molecule has 2 aromatic rings. The van der Waals surface area contributed by atoms with Gasteiger partial charge in [0.05, 0.1) is 0 Å². The minimum atomic E-state index is 0.774. The van der Waals surface area contributed by atoms with E-state index in [2.05, 4.69) is 34.6 Å². The molecule has 1 aromatic carbocycles. The number of aromatic nitrogens is 1. The van der Waals surface area contributed by atoms with E-state index in [0.717, 1.165) is 12.6 Å². The largest absolute Gasteiger partial charge is 0.310 e. The SMILES string of the molecule is c1cc(Sc2ccc(CNC3CC3)cc2)ccn1. The maximum atomic E-state index is 4.03. The first kappa shape index (κ1) is 11.8. The maximum absolute atomic E-state index is 4.03. The number of benzene rings is 1. The third-order valence-electron chi connectivity index (χ3n) is 2.98. The van der Waals surface area contributed by atoms with Crippen LogP contribution in [-0.2, 0) is 6.54 Å². The number of nitrogens with zero attached hydrogens (tertiary/aromatic N) is 1. The molecule has 0 bridgehead atoms. The zero-order chi connectivity index (χ0) is 12.2. The van der Waals surface area contributed by atoms with E-state index in [4.69, 9.17) is 0 Å². The van der Waals surface area contributed by atoms with E-state index >= 15 is 0 Å². The van der Waals surface area contributed by atoms with Gasteiger partial charge in [0.25, 0.3) is 0 Å². The molecule has 2 nitrogen and oxygen atoms in total. The average molecular weight is 256 g/mol. The number of pyridine rings is 1. The molecule has 0 saturated heterocycles. The summed E-state index contributed by atoms with van der Waals surface area (Å²) >= 11 is 1.77. The predicted octanol–water partition coefficient (Wildman–Crippen LogP) is 3.48. The van der Waals surface area contributed by atoms with Crippen LogP contribution in [0.4, 0.5) is 0 Å². The molecule has 1 N–H and O–H groups in total. The second-order valence-corrected chi connectivity index (χ2v) is 5.73. The van der Waals surface area contributed by atoms with Crippen LogP contribution in [0.15, 0.2) is 58.6 Å². The maximum Gasteiger partial charge on any atom is 0.0279 e. The highest BCUT2D eigenvalue weighted by Crippen LogP contribution is 2.27. The summed E-state index contributed by atoms with van der Waals surface area (Å²) in [5.41, 5.74) is 1.36. The fourth-order valence-electron chi connectivity index (χ4n) is 1.77. The second kappa shape index (κ2) is 5.55. The normalized spacial score (nSPS) is 14.7. The van der Waals surface area contributed by atoms with Gasteiger partial charge in [0.2, 0.25) is 0 Å². The average Bonchev–Trinajstić information content (AvgIpc) is 3.23. The zero-order valence-corrected chi connectivity index (χ0v) is 11.0. The van der Waals surface area contributed by atoms with Gasteiger partial charge in [0, 0.05) is 34.8 Å². The van der Waals surface area contributed by atoms with Crippen LogP contribution in [0.3, 0.4) is 0 Å². The van der Waals surface area contributed by atoms with Gasteiger partial charge in [-0.15, -0.1) is 0 Å². The van der Waals surface area contributed by atoms with Crippen molar-refractivity contribution < 1.29 is 0 Å². The molecule has 0 radical (unpaired) electrons. The molecule has 1 aromatic heterocycles. The Balaban J connectivity index is 1.59. The van der Waals surface area contributed by atoms with Crippen molar-refractivity contribution in [2.45, 2.75) is 35.2 Å². The highest BCUT2D eigenvalue weighted by molar-refractivity contribution is 7.99. The topological polar surface area (TPSA) is 24.9 Å². The van der Waals surface area contributed by atoms with Crippen LogP contribution in [0, 0.1) is 0 Å². The Morgan fingerprint density at radius 3 is 2.33 bits per heavy atom. The summed E-state index contributed by atoms with van der Waals surface area (Å²) in [6.07, 6.45) is 6.35. The monoisotopic (exact) mass is 256 g/mol. The lowest BCUT2D eigenvalue weighted by molar-refractivity contribution is 0.687. The van der Waals surface area contributed by atoms with Crippen LogP contribution < -0.4 is 5.32 Å². The standard InChI is InChI=1S/C15H16N2S/c1-5-14(18-15-7-9-16-10-8-15)6-2-12(1)11-17-13-3-4-13/h1-2,5-10,13,17H,3-4,11H2. The van der Waals surface area contributed by atoms with Crippen molar-refractivity contribution in [3.8, 4) is 0 Å². The smallest absolute Gasteiger partial charge is 0.0279 e. The Morgan fingerprint density at radius 2 is 1.67 bits per heavy atom. The molecule has 1 aliphatic rings. The summed E-state index contributed by atoms with van der Waals surface area (Å²) in [6, 6.07) is 13.6. The molecule has 92 valence electrons. The van der Waals surface area contributed by atoms with Gasteiger partial charge in [-0.05, 0) is 42.7 Å². The summed E-state index contributed by atoms with van der Waals surface area (Å²) < 4.78 is 0. The van der Waals surface area contributed by atoms with E-state index in [1.807, 2.05) is 24.5 Å². The number of nitrogens with one attached hydrogen (secondary N) is 1. The van der Waals surface area contributed by atoms with Crippen LogP contribution in [0.5, 0.6) is 0 Å². The van der Waals surface area contributed by atoms with Crippen molar-refractivity contribution in [1.82, 2.24) is 10.3 Å². The van der Waals surface area contributed by atoms with E-state index in [1.165, 1.54) is 28.2 Å². The van der Waals surface area contributed by atoms with Gasteiger partial charge in [0.15, 0.2) is 0 Å². The van der Waals surface area contributed by atoms with E-state index in [-0.39, 0.29) is 0 Å². The zero-order valence-electron chi connectivity index (χ0n) is 10.2. The molecule has 0 spiro atoms. The quantitative estimate of drug-likeness (QED) is 0.886. The first-order chi connectivity index (χ1) is 8.90. The first-order valence-electron chi connectivity index (χ1n) is 6.30. The fourth-order valence-corrected chi connectivity index (χ4v) is 2.57. The molecule has 1 heterocycles. The molecule has 1 aliphatic carbocycles. The highest BCUT2D eigenvalue weighted by Gasteiger charge is 2.19. The third kappa shape index (κ3) is 3.34. The molecule has 0 amide bonds. The van der Waals surface area contributed by atoms with Gasteiger partial charge in [-0.2, -0.15) is 0 Å². The van der Waals surface area contributed by atoms with Crippen LogP contribution in [0.1, 0.15) is 18.4 Å². The minimum Gasteiger partial charge on any atom is -0.310 e. The second-order valence-electron chi connectivity index (χ2n) is 4.58. The Morgan fingerprint density at radius 1 is 1.00 bits per heavy atom. The third-order valence-corrected chi connectivity index (χ3v) is 4.00. The van der Waals surface area contributed by atoms with Gasteiger partial charge in [-0.1, -0.05) is 23.9 Å². The Kier molecular flexibility index (Phi) is 3.62. The van der Waals surface area contributed by atoms with E-state index in [0.29, 0.717) is 0 Å². The van der Waals surface area contributed by atoms with Crippen LogP contribution in [0.2, 0.25) is 0 Å². The van der Waals surface area contributed by atoms with E-state index in [1.54, 1.807) is 11.8 Å². The molecular formula is C15H16N2S. The summed E-state index contributed by atoms with van der Waals surface area (Å²) in [6.45, 7) is 0.991. The summed E-state index contributed by atoms with van der Waals surface area (Å²) in [4.78, 5) is 6.53. The van der Waals surface area contributed by atoms with Crippen molar-refractivity contribution >= 4 is 11.8 Å². The molecule has 18 heavy (non-hydrogen) atoms. The van der Waals surface area contributed by atoms with Crippen LogP contribution >= 0.6 is 11.8 Å².